The molecule has 3 rings (SSSR count). The molecule has 0 bridgehead atoms. The Bertz CT molecular complexity index is 1050. The number of aryl methyl sites for hydroxylation is 1. The summed E-state index contributed by atoms with van der Waals surface area (Å²) in [6.45, 7) is 1.99. The van der Waals surface area contributed by atoms with Gasteiger partial charge in [0.2, 0.25) is 5.95 Å². The van der Waals surface area contributed by atoms with Crippen LogP contribution in [0.25, 0.3) is 11.3 Å². The number of benzene rings is 2. The second kappa shape index (κ2) is 7.76. The summed E-state index contributed by atoms with van der Waals surface area (Å²) in [7, 11) is 0. The van der Waals surface area contributed by atoms with E-state index < -0.39 is 5.56 Å². The van der Waals surface area contributed by atoms with E-state index in [1.54, 1.807) is 18.3 Å². The van der Waals surface area contributed by atoms with Crippen LogP contribution < -0.4 is 11.0 Å². The fourth-order valence-electron chi connectivity index (χ4n) is 2.44. The van der Waals surface area contributed by atoms with E-state index in [1.165, 1.54) is 0 Å². The Hall–Kier alpha value is -3.24. The number of hydrazone groups is 1. The number of H-pyrrole nitrogens is 1. The van der Waals surface area contributed by atoms with Gasteiger partial charge in [0.1, 0.15) is 11.6 Å². The zero-order valence-electron chi connectivity index (χ0n) is 13.8. The van der Waals surface area contributed by atoms with Crippen LogP contribution in [0.2, 0.25) is 0 Å². The van der Waals surface area contributed by atoms with Crippen LogP contribution in [0.1, 0.15) is 16.7 Å². The third kappa shape index (κ3) is 4.05. The number of aromatic nitrogens is 2. The van der Waals surface area contributed by atoms with Crippen LogP contribution in [0, 0.1) is 18.3 Å². The van der Waals surface area contributed by atoms with Gasteiger partial charge in [0.15, 0.2) is 0 Å². The molecule has 1 aromatic heterocycles. The summed E-state index contributed by atoms with van der Waals surface area (Å²) in [6.07, 6.45) is 1.62. The molecule has 0 aliphatic carbocycles. The second-order valence-corrected chi connectivity index (χ2v) is 6.46. The molecule has 0 unspecified atom stereocenters. The van der Waals surface area contributed by atoms with Crippen molar-refractivity contribution in [3.8, 4) is 17.3 Å². The first-order valence-corrected chi connectivity index (χ1v) is 8.52. The predicted molar refractivity (Wildman–Crippen MR) is 105 cm³/mol. The molecule has 2 aromatic carbocycles. The van der Waals surface area contributed by atoms with Crippen LogP contribution in [0.5, 0.6) is 0 Å². The first-order valence-electron chi connectivity index (χ1n) is 7.73. The van der Waals surface area contributed by atoms with E-state index in [-0.39, 0.29) is 11.5 Å². The molecule has 0 saturated heterocycles. The van der Waals surface area contributed by atoms with Crippen molar-refractivity contribution in [1.29, 1.82) is 5.26 Å². The van der Waals surface area contributed by atoms with Crippen molar-refractivity contribution in [2.75, 3.05) is 5.43 Å². The molecule has 26 heavy (non-hydrogen) atoms. The molecule has 0 fully saturated rings. The number of hydrogen-bond donors (Lipinski definition) is 2. The van der Waals surface area contributed by atoms with Crippen LogP contribution in [-0.4, -0.2) is 16.2 Å². The number of nitrogens with one attached hydrogen (secondary N) is 2. The third-order valence-corrected chi connectivity index (χ3v) is 3.98. The van der Waals surface area contributed by atoms with E-state index >= 15 is 0 Å². The minimum absolute atomic E-state index is 0.0339. The summed E-state index contributed by atoms with van der Waals surface area (Å²) in [4.78, 5) is 19.0. The number of halogens is 1. The number of rotatable bonds is 4. The van der Waals surface area contributed by atoms with Crippen LogP contribution >= 0.6 is 15.9 Å². The highest BCUT2D eigenvalue weighted by atomic mass is 79.9. The van der Waals surface area contributed by atoms with Gasteiger partial charge < -0.3 is 0 Å². The highest BCUT2D eigenvalue weighted by molar-refractivity contribution is 9.10. The highest BCUT2D eigenvalue weighted by Gasteiger charge is 2.12. The maximum Gasteiger partial charge on any atom is 0.270 e. The Kier molecular flexibility index (Phi) is 5.25. The Balaban J connectivity index is 1.92. The highest BCUT2D eigenvalue weighted by Crippen LogP contribution is 2.19. The molecule has 0 aliphatic heterocycles. The van der Waals surface area contributed by atoms with Crippen molar-refractivity contribution in [1.82, 2.24) is 9.97 Å². The molecule has 3 aromatic rings. The fourth-order valence-corrected chi connectivity index (χ4v) is 3.07. The molecule has 0 aliphatic rings. The van der Waals surface area contributed by atoms with E-state index in [0.717, 1.165) is 15.6 Å². The van der Waals surface area contributed by atoms with E-state index in [0.29, 0.717) is 11.3 Å². The first kappa shape index (κ1) is 17.6. The fraction of sp³-hybridized carbons (Fsp3) is 0.0526. The van der Waals surface area contributed by atoms with Gasteiger partial charge in [-0.05, 0) is 30.2 Å². The summed E-state index contributed by atoms with van der Waals surface area (Å²) in [5.74, 6) is 0.163. The van der Waals surface area contributed by atoms with Gasteiger partial charge in [0, 0.05) is 10.0 Å². The minimum atomic E-state index is -0.516. The van der Waals surface area contributed by atoms with E-state index in [1.807, 2.05) is 49.4 Å². The monoisotopic (exact) mass is 407 g/mol. The zero-order chi connectivity index (χ0) is 18.5. The largest absolute Gasteiger partial charge is 0.290 e. The van der Waals surface area contributed by atoms with E-state index in [4.69, 9.17) is 0 Å². The Morgan fingerprint density at radius 3 is 2.73 bits per heavy atom. The Morgan fingerprint density at radius 2 is 2.04 bits per heavy atom. The average molecular weight is 408 g/mol. The van der Waals surface area contributed by atoms with Crippen LogP contribution in [0.3, 0.4) is 0 Å². The Morgan fingerprint density at radius 1 is 1.27 bits per heavy atom. The maximum absolute atomic E-state index is 12.2. The number of aromatic amines is 1. The van der Waals surface area contributed by atoms with Crippen LogP contribution in [0.15, 0.2) is 62.9 Å². The molecule has 0 atom stereocenters. The SMILES string of the molecule is Cc1cc(Br)cc(C=NNc2nc(-c3ccccc3)c(C#N)c(=O)[nH]2)c1. The second-order valence-electron chi connectivity index (χ2n) is 5.55. The van der Waals surface area contributed by atoms with E-state index in [2.05, 4.69) is 36.4 Å². The third-order valence-electron chi connectivity index (χ3n) is 3.53. The van der Waals surface area contributed by atoms with Crippen molar-refractivity contribution < 1.29 is 0 Å². The summed E-state index contributed by atoms with van der Waals surface area (Å²) >= 11 is 3.44. The van der Waals surface area contributed by atoms with Crippen molar-refractivity contribution in [3.05, 3.63) is 80.0 Å². The molecule has 0 spiro atoms. The number of hydrogen-bond acceptors (Lipinski definition) is 5. The quantitative estimate of drug-likeness (QED) is 0.507. The summed E-state index contributed by atoms with van der Waals surface area (Å²) in [5.41, 5.74) is 5.15. The van der Waals surface area contributed by atoms with Crippen LogP contribution in [-0.2, 0) is 0 Å². The van der Waals surface area contributed by atoms with Crippen molar-refractivity contribution in [2.45, 2.75) is 6.92 Å². The van der Waals surface area contributed by atoms with Gasteiger partial charge in [-0.15, -0.1) is 0 Å². The van der Waals surface area contributed by atoms with Gasteiger partial charge in [0.25, 0.3) is 5.56 Å². The molecule has 1 heterocycles. The molecule has 2 N–H and O–H groups in total. The van der Waals surface area contributed by atoms with Crippen molar-refractivity contribution >= 4 is 28.1 Å². The number of nitriles is 1. The van der Waals surface area contributed by atoms with Crippen molar-refractivity contribution in [3.63, 3.8) is 0 Å². The molecule has 128 valence electrons. The van der Waals surface area contributed by atoms with Crippen molar-refractivity contribution in [2.24, 2.45) is 5.10 Å². The van der Waals surface area contributed by atoms with Gasteiger partial charge in [0.05, 0.1) is 11.9 Å². The molecular formula is C19H14BrN5O. The predicted octanol–water partition coefficient (Wildman–Crippen LogP) is 3.83. The van der Waals surface area contributed by atoms with Gasteiger partial charge in [-0.1, -0.05) is 52.3 Å². The van der Waals surface area contributed by atoms with Crippen LogP contribution in [0.4, 0.5) is 5.95 Å². The molecule has 0 saturated carbocycles. The van der Waals surface area contributed by atoms with Gasteiger partial charge in [-0.25, -0.2) is 10.4 Å². The standard InChI is InChI=1S/C19H14BrN5O/c1-12-7-13(9-15(20)8-12)11-22-25-19-23-17(14-5-3-2-4-6-14)16(10-21)18(26)24-19/h2-9,11H,1H3,(H2,23,24,25,26). The smallest absolute Gasteiger partial charge is 0.270 e. The lowest BCUT2D eigenvalue weighted by Gasteiger charge is -2.06. The average Bonchev–Trinajstić information content (AvgIpc) is 2.61. The topological polar surface area (TPSA) is 93.9 Å². The van der Waals surface area contributed by atoms with Gasteiger partial charge in [-0.3, -0.25) is 9.78 Å². The number of anilines is 1. The molecule has 7 heteroatoms. The van der Waals surface area contributed by atoms with Gasteiger partial charge in [-0.2, -0.15) is 10.4 Å². The lowest BCUT2D eigenvalue weighted by atomic mass is 10.1. The Labute approximate surface area is 158 Å². The molecule has 6 nitrogen and oxygen atoms in total. The summed E-state index contributed by atoms with van der Waals surface area (Å²) in [6, 6.07) is 16.9. The number of nitrogens with zero attached hydrogens (tertiary/aromatic N) is 3. The first-order chi connectivity index (χ1) is 12.6. The lowest BCUT2D eigenvalue weighted by molar-refractivity contribution is 1.08. The zero-order valence-corrected chi connectivity index (χ0v) is 15.4. The van der Waals surface area contributed by atoms with Gasteiger partial charge >= 0.3 is 0 Å². The molecule has 0 radical (unpaired) electrons. The van der Waals surface area contributed by atoms with E-state index in [9.17, 15) is 10.1 Å². The summed E-state index contributed by atoms with van der Waals surface area (Å²) < 4.78 is 0.954. The lowest BCUT2D eigenvalue weighted by Crippen LogP contribution is -2.16. The molecule has 0 amide bonds. The minimum Gasteiger partial charge on any atom is -0.290 e. The maximum atomic E-state index is 12.2. The molecular weight excluding hydrogens is 394 g/mol. The normalized spacial score (nSPS) is 10.7. The summed E-state index contributed by atoms with van der Waals surface area (Å²) in [5, 5.41) is 13.4.